The zero-order valence-electron chi connectivity index (χ0n) is 24.8. The third kappa shape index (κ3) is 6.30. The topological polar surface area (TPSA) is 147 Å². The summed E-state index contributed by atoms with van der Waals surface area (Å²) in [6.07, 6.45) is 0.882. The van der Waals surface area contributed by atoms with Crippen LogP contribution in [0.25, 0.3) is 10.9 Å². The Labute approximate surface area is 254 Å². The van der Waals surface area contributed by atoms with E-state index in [1.807, 2.05) is 49.4 Å². The Morgan fingerprint density at radius 3 is 2.33 bits per heavy atom. The Kier molecular flexibility index (Phi) is 8.09. The molecule has 0 saturated carbocycles. The van der Waals surface area contributed by atoms with E-state index in [9.17, 15) is 18.0 Å². The van der Waals surface area contributed by atoms with Crippen LogP contribution < -0.4 is 25.4 Å². The second kappa shape index (κ2) is 11.5. The first kappa shape index (κ1) is 30.3. The number of benzene rings is 1. The van der Waals surface area contributed by atoms with E-state index in [0.29, 0.717) is 29.9 Å². The quantitative estimate of drug-likeness (QED) is 0.293. The van der Waals surface area contributed by atoms with Crippen LogP contribution in [0.4, 0.5) is 17.5 Å². The number of hydrogen-bond acceptors (Lipinski definition) is 10. The number of carbonyl (C=O) groups excluding carboxylic acids is 1. The van der Waals surface area contributed by atoms with Gasteiger partial charge in [0, 0.05) is 57.6 Å². The van der Waals surface area contributed by atoms with Crippen LogP contribution in [-0.4, -0.2) is 71.1 Å². The minimum absolute atomic E-state index is 0.0333. The van der Waals surface area contributed by atoms with Gasteiger partial charge in [-0.1, -0.05) is 17.7 Å². The lowest BCUT2D eigenvalue weighted by Gasteiger charge is -2.36. The molecular formula is C28H34ClN9O4S. The highest BCUT2D eigenvalue weighted by Gasteiger charge is 2.25. The number of piperazine rings is 1. The Bertz CT molecular complexity index is 1880. The number of aryl methyl sites for hydroxylation is 3. The molecule has 4 heterocycles. The summed E-state index contributed by atoms with van der Waals surface area (Å²) in [6, 6.07) is 8.43. The van der Waals surface area contributed by atoms with Crippen LogP contribution in [0.15, 0.2) is 35.1 Å². The second-order valence-electron chi connectivity index (χ2n) is 10.9. The van der Waals surface area contributed by atoms with Crippen LogP contribution in [0.3, 0.4) is 0 Å². The van der Waals surface area contributed by atoms with Gasteiger partial charge in [0.05, 0.1) is 28.9 Å². The zero-order valence-corrected chi connectivity index (χ0v) is 26.4. The van der Waals surface area contributed by atoms with Gasteiger partial charge in [-0.2, -0.15) is 5.10 Å². The van der Waals surface area contributed by atoms with Crippen molar-refractivity contribution < 1.29 is 13.2 Å². The monoisotopic (exact) mass is 627 g/mol. The molecule has 1 aliphatic heterocycles. The molecular weight excluding hydrogens is 594 g/mol. The van der Waals surface area contributed by atoms with E-state index in [2.05, 4.69) is 31.3 Å². The first-order valence-electron chi connectivity index (χ1n) is 13.7. The highest BCUT2D eigenvalue weighted by atomic mass is 35.5. The molecule has 1 amide bonds. The molecule has 2 N–H and O–H groups in total. The number of anilines is 3. The molecule has 1 saturated heterocycles. The number of sulfonamides is 1. The standard InChI is InChI=1S/C28H34ClN9O4S/c1-16-13-19(18(3)30-21-7-8-22(29)31-25(21)26(39)34-43(6,41)42)24-20(14-16)27(40)35(4)28(32-24)38-11-9-37(10-12-38)23-15-17(2)36(5)33-23/h7-8,13-15,18,30H,9-12H2,1-6H3,(H,34,39)/t18-/m1/s1. The van der Waals surface area contributed by atoms with Gasteiger partial charge in [-0.25, -0.2) is 23.1 Å². The predicted molar refractivity (Wildman–Crippen MR) is 168 cm³/mol. The normalized spacial score (nSPS) is 14.7. The van der Waals surface area contributed by atoms with E-state index in [1.165, 1.54) is 6.07 Å². The van der Waals surface area contributed by atoms with E-state index in [1.54, 1.807) is 17.7 Å². The molecule has 0 aliphatic carbocycles. The number of amides is 1. The minimum Gasteiger partial charge on any atom is -0.377 e. The molecule has 1 fully saturated rings. The van der Waals surface area contributed by atoms with Crippen molar-refractivity contribution in [1.82, 2.24) is 29.0 Å². The van der Waals surface area contributed by atoms with E-state index in [-0.39, 0.29) is 22.1 Å². The summed E-state index contributed by atoms with van der Waals surface area (Å²) in [4.78, 5) is 39.8. The van der Waals surface area contributed by atoms with Crippen molar-refractivity contribution in [3.63, 3.8) is 0 Å². The average Bonchev–Trinajstić information content (AvgIpc) is 3.28. The van der Waals surface area contributed by atoms with Gasteiger partial charge in [0.15, 0.2) is 11.5 Å². The third-order valence-electron chi connectivity index (χ3n) is 7.51. The first-order chi connectivity index (χ1) is 20.2. The second-order valence-corrected chi connectivity index (χ2v) is 13.0. The molecule has 0 radical (unpaired) electrons. The number of nitrogens with one attached hydrogen (secondary N) is 2. The Morgan fingerprint density at radius 2 is 1.70 bits per heavy atom. The fraction of sp³-hybridized carbons (Fsp3) is 0.393. The number of pyridine rings is 1. The molecule has 4 aromatic rings. The lowest BCUT2D eigenvalue weighted by molar-refractivity contribution is 0.0977. The molecule has 5 rings (SSSR count). The van der Waals surface area contributed by atoms with Crippen LogP contribution in [0.5, 0.6) is 0 Å². The summed E-state index contributed by atoms with van der Waals surface area (Å²) in [5.74, 6) is 0.579. The van der Waals surface area contributed by atoms with Gasteiger partial charge >= 0.3 is 0 Å². The molecule has 1 atom stereocenters. The maximum absolute atomic E-state index is 13.6. The Morgan fingerprint density at radius 1 is 1.02 bits per heavy atom. The molecule has 3 aromatic heterocycles. The molecule has 228 valence electrons. The predicted octanol–water partition coefficient (Wildman–Crippen LogP) is 2.52. The summed E-state index contributed by atoms with van der Waals surface area (Å²) in [5.41, 5.74) is 3.16. The third-order valence-corrected chi connectivity index (χ3v) is 8.28. The van der Waals surface area contributed by atoms with E-state index >= 15 is 0 Å². The van der Waals surface area contributed by atoms with Gasteiger partial charge in [-0.3, -0.25) is 18.8 Å². The van der Waals surface area contributed by atoms with Crippen LogP contribution in [0, 0.1) is 13.8 Å². The van der Waals surface area contributed by atoms with Crippen molar-refractivity contribution in [2.75, 3.05) is 47.6 Å². The van der Waals surface area contributed by atoms with Gasteiger partial charge < -0.3 is 15.1 Å². The maximum atomic E-state index is 13.6. The zero-order chi connectivity index (χ0) is 31.2. The van der Waals surface area contributed by atoms with Crippen LogP contribution in [-0.2, 0) is 24.1 Å². The van der Waals surface area contributed by atoms with Crippen molar-refractivity contribution in [1.29, 1.82) is 0 Å². The lowest BCUT2D eigenvalue weighted by atomic mass is 10.0. The van der Waals surface area contributed by atoms with Crippen LogP contribution in [0.2, 0.25) is 5.15 Å². The number of fused-ring (bicyclic) bond motifs is 1. The van der Waals surface area contributed by atoms with Gasteiger partial charge in [0.25, 0.3) is 11.5 Å². The molecule has 0 unspecified atom stereocenters. The minimum atomic E-state index is -3.83. The fourth-order valence-corrected chi connectivity index (χ4v) is 5.82. The smallest absolute Gasteiger partial charge is 0.285 e. The van der Waals surface area contributed by atoms with Crippen molar-refractivity contribution >= 4 is 55.9 Å². The summed E-state index contributed by atoms with van der Waals surface area (Å²) < 4.78 is 28.8. The van der Waals surface area contributed by atoms with Crippen molar-refractivity contribution in [3.05, 3.63) is 68.4 Å². The molecule has 1 aliphatic rings. The largest absolute Gasteiger partial charge is 0.377 e. The lowest BCUT2D eigenvalue weighted by Crippen LogP contribution is -2.48. The number of hydrogen-bond donors (Lipinski definition) is 2. The molecule has 0 bridgehead atoms. The highest BCUT2D eigenvalue weighted by molar-refractivity contribution is 7.89. The van der Waals surface area contributed by atoms with Gasteiger partial charge in [0.2, 0.25) is 16.0 Å². The van der Waals surface area contributed by atoms with E-state index in [4.69, 9.17) is 16.6 Å². The average molecular weight is 628 g/mol. The van der Waals surface area contributed by atoms with Gasteiger partial charge in [0.1, 0.15) is 5.15 Å². The van der Waals surface area contributed by atoms with Crippen LogP contribution >= 0.6 is 11.6 Å². The van der Waals surface area contributed by atoms with Crippen molar-refractivity contribution in [2.45, 2.75) is 26.8 Å². The number of carbonyl (C=O) groups is 1. The van der Waals surface area contributed by atoms with Crippen LogP contribution in [0.1, 0.15) is 40.3 Å². The van der Waals surface area contributed by atoms with Crippen molar-refractivity contribution in [2.24, 2.45) is 14.1 Å². The number of nitrogens with zero attached hydrogens (tertiary/aromatic N) is 7. The van der Waals surface area contributed by atoms with Gasteiger partial charge in [-0.05, 0) is 44.5 Å². The first-order valence-corrected chi connectivity index (χ1v) is 16.0. The summed E-state index contributed by atoms with van der Waals surface area (Å²) >= 11 is 6.03. The summed E-state index contributed by atoms with van der Waals surface area (Å²) in [6.45, 7) is 8.56. The highest BCUT2D eigenvalue weighted by Crippen LogP contribution is 2.29. The Hall–Kier alpha value is -4.17. The number of halogens is 1. The fourth-order valence-electron chi connectivity index (χ4n) is 5.24. The van der Waals surface area contributed by atoms with E-state index < -0.39 is 22.0 Å². The molecule has 1 aromatic carbocycles. The maximum Gasteiger partial charge on any atom is 0.285 e. The number of rotatable bonds is 7. The van der Waals surface area contributed by atoms with Gasteiger partial charge in [-0.15, -0.1) is 0 Å². The molecule has 13 nitrogen and oxygen atoms in total. The SMILES string of the molecule is Cc1cc([C@@H](C)Nc2ccc(Cl)nc2C(=O)NS(C)(=O)=O)c2nc(N3CCN(c4cc(C)n(C)n4)CC3)n(C)c(=O)c2c1. The summed E-state index contributed by atoms with van der Waals surface area (Å²) in [7, 11) is -0.176. The Balaban J connectivity index is 1.48. The molecule has 15 heteroatoms. The molecule has 0 spiro atoms. The van der Waals surface area contributed by atoms with Crippen molar-refractivity contribution in [3.8, 4) is 0 Å². The van der Waals surface area contributed by atoms with E-state index in [0.717, 1.165) is 42.0 Å². The number of aromatic nitrogens is 5. The summed E-state index contributed by atoms with van der Waals surface area (Å²) in [5, 5.41) is 8.35. The molecule has 43 heavy (non-hydrogen) atoms.